The molecule has 12 heavy (non-hydrogen) atoms. The third-order valence-corrected chi connectivity index (χ3v) is 2.31. The fraction of sp³-hybridized carbons (Fsp3) is 0.250. The number of rotatable bonds is 3. The Hall–Kier alpha value is -0.870. The molecule has 1 N–H and O–H groups in total. The van der Waals surface area contributed by atoms with Crippen LogP contribution in [0.25, 0.3) is 0 Å². The van der Waals surface area contributed by atoms with E-state index in [-0.39, 0.29) is 6.61 Å². The predicted molar refractivity (Wildman–Crippen MR) is 49.6 cm³/mol. The van der Waals surface area contributed by atoms with Crippen LogP contribution >= 0.6 is 11.8 Å². The smallest absolute Gasteiger partial charge is 0.121 e. The number of hydrogen-bond acceptors (Lipinski definition) is 4. The zero-order chi connectivity index (χ0) is 8.97. The van der Waals surface area contributed by atoms with Crippen molar-refractivity contribution in [3.63, 3.8) is 0 Å². The van der Waals surface area contributed by atoms with Gasteiger partial charge in [-0.15, -0.1) is 16.7 Å². The van der Waals surface area contributed by atoms with Gasteiger partial charge in [-0.25, -0.2) is 0 Å². The summed E-state index contributed by atoms with van der Waals surface area (Å²) in [6.07, 6.45) is 1.88. The molecule has 1 aromatic rings. The van der Waals surface area contributed by atoms with Crippen molar-refractivity contribution in [2.24, 2.45) is 5.18 Å². The molecule has 4 heteroatoms. The summed E-state index contributed by atoms with van der Waals surface area (Å²) >= 11 is 1.46. The number of nitrogens with zero attached hydrogens (tertiary/aromatic N) is 1. The summed E-state index contributed by atoms with van der Waals surface area (Å²) in [6.45, 7) is -0.0584. The van der Waals surface area contributed by atoms with Crippen molar-refractivity contribution in [3.05, 3.63) is 28.7 Å². The number of benzene rings is 1. The van der Waals surface area contributed by atoms with Gasteiger partial charge in [0.15, 0.2) is 0 Å². The molecule has 0 saturated carbocycles. The quantitative estimate of drug-likeness (QED) is 0.577. The van der Waals surface area contributed by atoms with Gasteiger partial charge in [-0.2, -0.15) is 0 Å². The fourth-order valence-corrected chi connectivity index (χ4v) is 1.41. The zero-order valence-corrected chi connectivity index (χ0v) is 7.47. The van der Waals surface area contributed by atoms with Gasteiger partial charge in [0.2, 0.25) is 0 Å². The largest absolute Gasteiger partial charge is 0.392 e. The van der Waals surface area contributed by atoms with Gasteiger partial charge in [-0.1, -0.05) is 6.07 Å². The van der Waals surface area contributed by atoms with Crippen LogP contribution in [0.2, 0.25) is 0 Å². The summed E-state index contributed by atoms with van der Waals surface area (Å²) < 4.78 is 0. The predicted octanol–water partition coefficient (Wildman–Crippen LogP) is 2.30. The summed E-state index contributed by atoms with van der Waals surface area (Å²) in [5.74, 6) is 0. The molecule has 1 rings (SSSR count). The molecular formula is C8H9NO2S. The SMILES string of the molecule is CSc1ccc(CO)cc1N=O. The molecule has 1 aromatic carbocycles. The van der Waals surface area contributed by atoms with E-state index in [2.05, 4.69) is 5.18 Å². The van der Waals surface area contributed by atoms with Gasteiger partial charge in [-0.05, 0) is 29.1 Å². The van der Waals surface area contributed by atoms with Gasteiger partial charge >= 0.3 is 0 Å². The van der Waals surface area contributed by atoms with Gasteiger partial charge in [0, 0.05) is 4.90 Å². The number of aliphatic hydroxyl groups is 1. The van der Waals surface area contributed by atoms with Gasteiger partial charge in [-0.3, -0.25) is 0 Å². The molecule has 0 aliphatic heterocycles. The highest BCUT2D eigenvalue weighted by molar-refractivity contribution is 7.98. The van der Waals surface area contributed by atoms with Crippen molar-refractivity contribution in [1.29, 1.82) is 0 Å². The van der Waals surface area contributed by atoms with E-state index in [9.17, 15) is 4.91 Å². The third kappa shape index (κ3) is 1.84. The second-order valence-corrected chi connectivity index (χ2v) is 3.10. The van der Waals surface area contributed by atoms with Crippen LogP contribution in [0.1, 0.15) is 5.56 Å². The Morgan fingerprint density at radius 1 is 1.58 bits per heavy atom. The minimum absolute atomic E-state index is 0.0584. The maximum absolute atomic E-state index is 10.3. The Labute approximate surface area is 74.8 Å². The lowest BCUT2D eigenvalue weighted by Crippen LogP contribution is -1.82. The minimum Gasteiger partial charge on any atom is -0.392 e. The van der Waals surface area contributed by atoms with Crippen LogP contribution in [0, 0.1) is 4.91 Å². The highest BCUT2D eigenvalue weighted by atomic mass is 32.2. The normalized spacial score (nSPS) is 9.83. The third-order valence-electron chi connectivity index (χ3n) is 1.52. The van der Waals surface area contributed by atoms with Gasteiger partial charge in [0.05, 0.1) is 6.61 Å². The maximum atomic E-state index is 10.3. The minimum atomic E-state index is -0.0584. The molecule has 0 radical (unpaired) electrons. The van der Waals surface area contributed by atoms with Gasteiger partial charge < -0.3 is 5.11 Å². The number of nitroso groups, excluding NO2 is 1. The van der Waals surface area contributed by atoms with Crippen molar-refractivity contribution >= 4 is 17.4 Å². The van der Waals surface area contributed by atoms with Crippen LogP contribution < -0.4 is 0 Å². The van der Waals surface area contributed by atoms with Crippen molar-refractivity contribution in [3.8, 4) is 0 Å². The molecule has 0 aromatic heterocycles. The van der Waals surface area contributed by atoms with Crippen LogP contribution in [0.4, 0.5) is 5.69 Å². The summed E-state index contributed by atoms with van der Waals surface area (Å²) in [4.78, 5) is 11.1. The molecule has 0 amide bonds. The molecule has 0 bridgehead atoms. The topological polar surface area (TPSA) is 49.7 Å². The lowest BCUT2D eigenvalue weighted by Gasteiger charge is -2.01. The van der Waals surface area contributed by atoms with Crippen molar-refractivity contribution in [2.75, 3.05) is 6.26 Å². The molecule has 0 saturated heterocycles. The monoisotopic (exact) mass is 183 g/mol. The summed E-state index contributed by atoms with van der Waals surface area (Å²) in [6, 6.07) is 5.16. The first kappa shape index (κ1) is 9.22. The summed E-state index contributed by atoms with van der Waals surface area (Å²) in [5.41, 5.74) is 1.11. The van der Waals surface area contributed by atoms with E-state index >= 15 is 0 Å². The molecule has 0 aliphatic carbocycles. The lowest BCUT2D eigenvalue weighted by molar-refractivity contribution is 0.282. The molecule has 0 fully saturated rings. The average Bonchev–Trinajstić information content (AvgIpc) is 2.16. The maximum Gasteiger partial charge on any atom is 0.121 e. The first-order chi connectivity index (χ1) is 5.81. The Morgan fingerprint density at radius 3 is 2.83 bits per heavy atom. The molecule has 0 spiro atoms. The van der Waals surface area contributed by atoms with E-state index < -0.39 is 0 Å². The van der Waals surface area contributed by atoms with E-state index in [0.717, 1.165) is 4.90 Å². The standard InChI is InChI=1S/C8H9NO2S/c1-12-8-3-2-6(5-10)4-7(8)9-11/h2-4,10H,5H2,1H3. The molecule has 0 atom stereocenters. The van der Waals surface area contributed by atoms with Crippen LogP contribution in [-0.2, 0) is 6.61 Å². The van der Waals surface area contributed by atoms with Crippen molar-refractivity contribution in [1.82, 2.24) is 0 Å². The first-order valence-electron chi connectivity index (χ1n) is 3.43. The molecule has 0 aliphatic rings. The van der Waals surface area contributed by atoms with Gasteiger partial charge in [0.1, 0.15) is 5.69 Å². The Morgan fingerprint density at radius 2 is 2.33 bits per heavy atom. The fourth-order valence-electron chi connectivity index (χ4n) is 0.905. The van der Waals surface area contributed by atoms with E-state index in [1.165, 1.54) is 11.8 Å². The molecular weight excluding hydrogens is 174 g/mol. The number of thioether (sulfide) groups is 1. The van der Waals surface area contributed by atoms with E-state index in [1.807, 2.05) is 6.26 Å². The van der Waals surface area contributed by atoms with Crippen LogP contribution in [0.15, 0.2) is 28.3 Å². The van der Waals surface area contributed by atoms with Crippen molar-refractivity contribution < 1.29 is 5.11 Å². The van der Waals surface area contributed by atoms with Crippen LogP contribution in [0.5, 0.6) is 0 Å². The Kier molecular flexibility index (Phi) is 3.25. The lowest BCUT2D eigenvalue weighted by atomic mass is 10.2. The molecule has 0 heterocycles. The summed E-state index contributed by atoms with van der Waals surface area (Å²) in [5, 5.41) is 11.6. The highest BCUT2D eigenvalue weighted by Crippen LogP contribution is 2.28. The molecule has 0 unspecified atom stereocenters. The Bertz CT molecular complexity index is 288. The van der Waals surface area contributed by atoms with E-state index in [4.69, 9.17) is 5.11 Å². The average molecular weight is 183 g/mol. The van der Waals surface area contributed by atoms with E-state index in [0.29, 0.717) is 11.3 Å². The van der Waals surface area contributed by atoms with Gasteiger partial charge in [0.25, 0.3) is 0 Å². The summed E-state index contributed by atoms with van der Waals surface area (Å²) in [7, 11) is 0. The van der Waals surface area contributed by atoms with Crippen LogP contribution in [0.3, 0.4) is 0 Å². The number of aliphatic hydroxyl groups excluding tert-OH is 1. The Balaban J connectivity index is 3.10. The van der Waals surface area contributed by atoms with Crippen molar-refractivity contribution in [2.45, 2.75) is 11.5 Å². The second-order valence-electron chi connectivity index (χ2n) is 2.26. The first-order valence-corrected chi connectivity index (χ1v) is 4.65. The zero-order valence-electron chi connectivity index (χ0n) is 6.65. The molecule has 3 nitrogen and oxygen atoms in total. The second kappa shape index (κ2) is 4.23. The van der Waals surface area contributed by atoms with E-state index in [1.54, 1.807) is 18.2 Å². The number of hydrogen-bond donors (Lipinski definition) is 1. The highest BCUT2D eigenvalue weighted by Gasteiger charge is 2.02. The van der Waals surface area contributed by atoms with Crippen LogP contribution in [-0.4, -0.2) is 11.4 Å². The molecule has 64 valence electrons.